The van der Waals surface area contributed by atoms with Crippen molar-refractivity contribution in [2.45, 2.75) is 20.8 Å². The summed E-state index contributed by atoms with van der Waals surface area (Å²) in [6.45, 7) is 9.48. The maximum absolute atomic E-state index is 13.0. The summed E-state index contributed by atoms with van der Waals surface area (Å²) in [4.78, 5) is 30.4. The molecule has 2 aromatic carbocycles. The Morgan fingerprint density at radius 1 is 1.12 bits per heavy atom. The molecule has 6 nitrogen and oxygen atoms in total. The maximum Gasteiger partial charge on any atom is 0.335 e. The Kier molecular flexibility index (Phi) is 5.92. The number of rotatable bonds is 5. The number of benzene rings is 2. The van der Waals surface area contributed by atoms with Crippen molar-refractivity contribution in [3.8, 4) is 10.4 Å². The molecule has 1 N–H and O–H groups in total. The highest BCUT2D eigenvalue weighted by atomic mass is 32.1. The van der Waals surface area contributed by atoms with Crippen molar-refractivity contribution < 1.29 is 14.7 Å². The van der Waals surface area contributed by atoms with Crippen LogP contribution in [0.5, 0.6) is 0 Å². The molecule has 1 amide bonds. The van der Waals surface area contributed by atoms with Crippen LogP contribution >= 0.6 is 11.3 Å². The zero-order chi connectivity index (χ0) is 23.7. The van der Waals surface area contributed by atoms with E-state index in [9.17, 15) is 9.59 Å². The standard InChI is InChI=1S/C26H21N3O3S/c1-5-27-23-13-16(3)15(2)12-22(23)24-11-10-20(33-24)14-21-17(4)28-29(25(21)30)19-8-6-18(7-9-19)26(31)32/h6-14H,1H2,2-4H3,(H,31,32)/b21-14-. The van der Waals surface area contributed by atoms with Crippen LogP contribution in [0.15, 0.2) is 70.8 Å². The van der Waals surface area contributed by atoms with Crippen molar-refractivity contribution in [2.75, 3.05) is 5.01 Å². The number of nitrogens with zero attached hydrogens (tertiary/aromatic N) is 3. The SMILES string of the molecule is C=C=Nc1cc(C)c(C)cc1-c1ccc(/C=C2\C(=O)N(c3ccc(C(=O)O)cc3)N=C2C)s1. The fourth-order valence-corrected chi connectivity index (χ4v) is 4.47. The summed E-state index contributed by atoms with van der Waals surface area (Å²) in [5.74, 6) is 1.34. The lowest BCUT2D eigenvalue weighted by atomic mass is 10.0. The number of hydrogen-bond donors (Lipinski definition) is 1. The predicted molar refractivity (Wildman–Crippen MR) is 134 cm³/mol. The van der Waals surface area contributed by atoms with Crippen LogP contribution in [0, 0.1) is 13.8 Å². The van der Waals surface area contributed by atoms with E-state index in [0.717, 1.165) is 26.6 Å². The number of amides is 1. The molecule has 4 rings (SSSR count). The molecule has 3 aromatic rings. The van der Waals surface area contributed by atoms with Gasteiger partial charge in [-0.1, -0.05) is 0 Å². The first-order valence-corrected chi connectivity index (χ1v) is 11.0. The molecule has 0 unspecified atom stereocenters. The number of carboxylic acids is 1. The van der Waals surface area contributed by atoms with Gasteiger partial charge in [0, 0.05) is 15.3 Å². The van der Waals surface area contributed by atoms with Crippen LogP contribution in [0.25, 0.3) is 16.5 Å². The third-order valence-corrected chi connectivity index (χ3v) is 6.48. The average molecular weight is 456 g/mol. The number of thiophene rings is 1. The number of aliphatic imine (C=N–C) groups is 1. The van der Waals surface area contributed by atoms with Gasteiger partial charge >= 0.3 is 5.97 Å². The van der Waals surface area contributed by atoms with Crippen LogP contribution in [0.1, 0.15) is 33.3 Å². The molecule has 0 saturated heterocycles. The Morgan fingerprint density at radius 3 is 2.48 bits per heavy atom. The van der Waals surface area contributed by atoms with E-state index in [1.807, 2.05) is 31.2 Å². The van der Waals surface area contributed by atoms with E-state index in [1.54, 1.807) is 30.4 Å². The van der Waals surface area contributed by atoms with Gasteiger partial charge in [-0.25, -0.2) is 9.79 Å². The normalized spacial score (nSPS) is 14.4. The zero-order valence-electron chi connectivity index (χ0n) is 18.4. The molecule has 0 saturated carbocycles. The van der Waals surface area contributed by atoms with Gasteiger partial charge < -0.3 is 5.11 Å². The van der Waals surface area contributed by atoms with Crippen LogP contribution < -0.4 is 5.01 Å². The topological polar surface area (TPSA) is 82.3 Å². The number of aryl methyl sites for hydroxylation is 2. The lowest BCUT2D eigenvalue weighted by Crippen LogP contribution is -2.21. The van der Waals surface area contributed by atoms with Crippen LogP contribution in [0.3, 0.4) is 0 Å². The molecule has 0 bridgehead atoms. The summed E-state index contributed by atoms with van der Waals surface area (Å²) in [5.41, 5.74) is 5.87. The van der Waals surface area contributed by atoms with Gasteiger partial charge in [0.25, 0.3) is 5.91 Å². The van der Waals surface area contributed by atoms with Crippen molar-refractivity contribution in [2.24, 2.45) is 10.1 Å². The minimum absolute atomic E-state index is 0.152. The number of anilines is 1. The first kappa shape index (κ1) is 22.1. The van der Waals surface area contributed by atoms with E-state index in [4.69, 9.17) is 5.11 Å². The minimum atomic E-state index is -1.02. The Morgan fingerprint density at radius 2 is 1.82 bits per heavy atom. The van der Waals surface area contributed by atoms with E-state index < -0.39 is 5.97 Å². The average Bonchev–Trinajstić information content (AvgIpc) is 3.36. The summed E-state index contributed by atoms with van der Waals surface area (Å²) in [6.07, 6.45) is 1.83. The van der Waals surface area contributed by atoms with E-state index in [-0.39, 0.29) is 11.5 Å². The molecular weight excluding hydrogens is 434 g/mol. The van der Waals surface area contributed by atoms with Gasteiger partial charge in [-0.05, 0) is 99.0 Å². The largest absolute Gasteiger partial charge is 0.478 e. The highest BCUT2D eigenvalue weighted by Crippen LogP contribution is 2.38. The predicted octanol–water partition coefficient (Wildman–Crippen LogP) is 6.02. The fourth-order valence-electron chi connectivity index (χ4n) is 3.50. The van der Waals surface area contributed by atoms with E-state index in [2.05, 4.69) is 35.5 Å². The van der Waals surface area contributed by atoms with Gasteiger partial charge in [0.05, 0.1) is 28.2 Å². The smallest absolute Gasteiger partial charge is 0.335 e. The van der Waals surface area contributed by atoms with Gasteiger partial charge in [-0.3, -0.25) is 4.79 Å². The molecule has 0 radical (unpaired) electrons. The van der Waals surface area contributed by atoms with Gasteiger partial charge in [0.15, 0.2) is 0 Å². The maximum atomic E-state index is 13.0. The van der Waals surface area contributed by atoms with Crippen molar-refractivity contribution in [3.63, 3.8) is 0 Å². The second-order valence-corrected chi connectivity index (χ2v) is 8.75. The second-order valence-electron chi connectivity index (χ2n) is 7.64. The van der Waals surface area contributed by atoms with Crippen LogP contribution in [0.2, 0.25) is 0 Å². The zero-order valence-corrected chi connectivity index (χ0v) is 19.2. The molecule has 33 heavy (non-hydrogen) atoms. The molecule has 0 spiro atoms. The molecule has 0 atom stereocenters. The van der Waals surface area contributed by atoms with E-state index >= 15 is 0 Å². The minimum Gasteiger partial charge on any atom is -0.478 e. The first-order chi connectivity index (χ1) is 15.8. The lowest BCUT2D eigenvalue weighted by molar-refractivity contribution is -0.114. The van der Waals surface area contributed by atoms with Crippen molar-refractivity contribution >= 4 is 52.2 Å². The van der Waals surface area contributed by atoms with Crippen LogP contribution in [-0.2, 0) is 4.79 Å². The molecule has 7 heteroatoms. The van der Waals surface area contributed by atoms with Gasteiger partial charge in [-0.15, -0.1) is 11.3 Å². The van der Waals surface area contributed by atoms with Crippen LogP contribution in [0.4, 0.5) is 11.4 Å². The van der Waals surface area contributed by atoms with Crippen molar-refractivity contribution in [1.82, 2.24) is 0 Å². The van der Waals surface area contributed by atoms with Gasteiger partial charge in [0.1, 0.15) is 0 Å². The summed E-state index contributed by atoms with van der Waals surface area (Å²) in [7, 11) is 0. The molecule has 1 aliphatic heterocycles. The molecule has 0 fully saturated rings. The monoisotopic (exact) mass is 455 g/mol. The van der Waals surface area contributed by atoms with E-state index in [0.29, 0.717) is 17.0 Å². The molecular formula is C26H21N3O3S. The molecule has 1 aliphatic rings. The number of aromatic carboxylic acids is 1. The second kappa shape index (κ2) is 8.82. The fraction of sp³-hybridized carbons (Fsp3) is 0.115. The summed E-state index contributed by atoms with van der Waals surface area (Å²) < 4.78 is 0. The number of hydrogen-bond acceptors (Lipinski definition) is 5. The quantitative estimate of drug-likeness (QED) is 0.377. The van der Waals surface area contributed by atoms with Crippen LogP contribution in [-0.4, -0.2) is 28.6 Å². The van der Waals surface area contributed by atoms with E-state index in [1.165, 1.54) is 22.7 Å². The van der Waals surface area contributed by atoms with Gasteiger partial charge in [-0.2, -0.15) is 10.1 Å². The highest BCUT2D eigenvalue weighted by Gasteiger charge is 2.29. The number of carboxylic acid groups (broad SMARTS) is 1. The number of carbonyl (C=O) groups is 2. The lowest BCUT2D eigenvalue weighted by Gasteiger charge is -2.11. The molecule has 164 valence electrons. The first-order valence-electron chi connectivity index (χ1n) is 10.2. The molecule has 2 heterocycles. The molecule has 1 aromatic heterocycles. The van der Waals surface area contributed by atoms with Crippen molar-refractivity contribution in [1.29, 1.82) is 0 Å². The summed E-state index contributed by atoms with van der Waals surface area (Å²) in [5, 5.41) is 14.7. The number of carbonyl (C=O) groups excluding carboxylic acids is 1. The summed E-state index contributed by atoms with van der Waals surface area (Å²) in [6, 6.07) is 14.2. The third-order valence-electron chi connectivity index (χ3n) is 5.41. The number of hydrazone groups is 1. The Bertz CT molecular complexity index is 1390. The Balaban J connectivity index is 1.65. The van der Waals surface area contributed by atoms with Gasteiger partial charge in [0.2, 0.25) is 0 Å². The molecule has 0 aliphatic carbocycles. The summed E-state index contributed by atoms with van der Waals surface area (Å²) >= 11 is 1.56. The Hall–Kier alpha value is -4.06. The highest BCUT2D eigenvalue weighted by molar-refractivity contribution is 7.16. The van der Waals surface area contributed by atoms with Crippen molar-refractivity contribution in [3.05, 3.63) is 82.3 Å². The Labute approximate surface area is 195 Å². The third kappa shape index (κ3) is 4.32.